The van der Waals surface area contributed by atoms with Gasteiger partial charge >= 0.3 is 0 Å². The molecule has 0 saturated heterocycles. The smallest absolute Gasteiger partial charge is 0.0380 e. The van der Waals surface area contributed by atoms with Crippen molar-refractivity contribution in [3.8, 4) is 0 Å². The minimum absolute atomic E-state index is 0.154. The first-order chi connectivity index (χ1) is 3.56. The molecule has 0 amide bonds. The van der Waals surface area contributed by atoms with Crippen LogP contribution >= 0.6 is 31.9 Å². The molecule has 0 aliphatic carbocycles. The quantitative estimate of drug-likeness (QED) is 0.515. The lowest BCUT2D eigenvalue weighted by atomic mass is 10.2. The van der Waals surface area contributed by atoms with E-state index in [1.807, 2.05) is 0 Å². The molecule has 0 radical (unpaired) electrons. The van der Waals surface area contributed by atoms with Gasteiger partial charge in [0.15, 0.2) is 0 Å². The van der Waals surface area contributed by atoms with Gasteiger partial charge in [-0.3, -0.25) is 0 Å². The third-order valence-corrected chi connectivity index (χ3v) is 1.24. The maximum Gasteiger partial charge on any atom is 0.0380 e. The van der Waals surface area contributed by atoms with Gasteiger partial charge in [0.2, 0.25) is 0 Å². The third kappa shape index (κ3) is 6.70. The van der Waals surface area contributed by atoms with Crippen LogP contribution in [0.25, 0.3) is 0 Å². The summed E-state index contributed by atoms with van der Waals surface area (Å²) in [6.45, 7) is 4.21. The number of allylic oxidation sites excluding steroid dienone is 2. The second kappa shape index (κ2) is 3.67. The highest BCUT2D eigenvalue weighted by Gasteiger charge is 2.04. The van der Waals surface area contributed by atoms with E-state index in [0.717, 1.165) is 5.33 Å². The molecule has 48 valence electrons. The van der Waals surface area contributed by atoms with Crippen LogP contribution in [-0.2, 0) is 0 Å². The Balaban J connectivity index is 3.52. The topological polar surface area (TPSA) is 0 Å². The second-order valence-electron chi connectivity index (χ2n) is 2.12. The molecule has 0 bridgehead atoms. The van der Waals surface area contributed by atoms with E-state index < -0.39 is 0 Å². The Labute approximate surface area is 67.6 Å². The number of alkyl halides is 2. The van der Waals surface area contributed by atoms with Crippen molar-refractivity contribution < 1.29 is 0 Å². The highest BCUT2D eigenvalue weighted by molar-refractivity contribution is 9.10. The zero-order chi connectivity index (χ0) is 6.62. The molecule has 0 aromatic heterocycles. The van der Waals surface area contributed by atoms with E-state index >= 15 is 0 Å². The molecule has 0 aliphatic rings. The predicted molar refractivity (Wildman–Crippen MR) is 45.9 cm³/mol. The minimum Gasteiger partial charge on any atom is -0.0883 e. The van der Waals surface area contributed by atoms with Gasteiger partial charge < -0.3 is 0 Å². The number of halogens is 2. The molecule has 0 aromatic rings. The van der Waals surface area contributed by atoms with Crippen LogP contribution in [0, 0.1) is 0 Å². The summed E-state index contributed by atoms with van der Waals surface area (Å²) < 4.78 is 0.154. The van der Waals surface area contributed by atoms with Crippen molar-refractivity contribution in [2.75, 3.05) is 5.33 Å². The van der Waals surface area contributed by atoms with Gasteiger partial charge in [-0.25, -0.2) is 0 Å². The van der Waals surface area contributed by atoms with Crippen molar-refractivity contribution in [2.45, 2.75) is 18.2 Å². The van der Waals surface area contributed by atoms with Gasteiger partial charge in [0, 0.05) is 9.65 Å². The fourth-order valence-electron chi connectivity index (χ4n) is 0.325. The Bertz CT molecular complexity index is 79.0. The molecule has 8 heavy (non-hydrogen) atoms. The van der Waals surface area contributed by atoms with Gasteiger partial charge in [-0.2, -0.15) is 0 Å². The Kier molecular flexibility index (Phi) is 4.00. The molecular weight excluding hydrogens is 232 g/mol. The van der Waals surface area contributed by atoms with E-state index in [0.29, 0.717) is 0 Å². The van der Waals surface area contributed by atoms with Crippen molar-refractivity contribution >= 4 is 31.9 Å². The molecule has 0 rings (SSSR count). The lowest BCUT2D eigenvalue weighted by Gasteiger charge is -2.07. The van der Waals surface area contributed by atoms with Crippen LogP contribution in [0.4, 0.5) is 0 Å². The fraction of sp³-hybridized carbons (Fsp3) is 0.667. The van der Waals surface area contributed by atoms with Gasteiger partial charge in [0.1, 0.15) is 0 Å². The lowest BCUT2D eigenvalue weighted by molar-refractivity contribution is 0.919. The first-order valence-electron chi connectivity index (χ1n) is 2.49. The standard InChI is InChI=1S/C6H10Br2/c1-6(2,8)4-3-5-7/h3-4H,5H2,1-2H3/b4-3+. The average Bonchev–Trinajstić information content (AvgIpc) is 1.59. The van der Waals surface area contributed by atoms with Gasteiger partial charge in [-0.1, -0.05) is 44.0 Å². The van der Waals surface area contributed by atoms with Gasteiger partial charge in [0.25, 0.3) is 0 Å². The van der Waals surface area contributed by atoms with Crippen molar-refractivity contribution in [3.05, 3.63) is 12.2 Å². The largest absolute Gasteiger partial charge is 0.0883 e. The van der Waals surface area contributed by atoms with Crippen LogP contribution in [0.15, 0.2) is 12.2 Å². The average molecular weight is 242 g/mol. The summed E-state index contributed by atoms with van der Waals surface area (Å²) in [4.78, 5) is 0. The molecule has 0 aromatic carbocycles. The Hall–Kier alpha value is 0.700. The summed E-state index contributed by atoms with van der Waals surface area (Å²) >= 11 is 6.77. The van der Waals surface area contributed by atoms with E-state index in [4.69, 9.17) is 0 Å². The molecular formula is C6H10Br2. The van der Waals surface area contributed by atoms with Crippen LogP contribution in [-0.4, -0.2) is 9.65 Å². The minimum atomic E-state index is 0.154. The molecule has 0 N–H and O–H groups in total. The maximum absolute atomic E-state index is 3.47. The summed E-state index contributed by atoms with van der Waals surface area (Å²) in [6, 6.07) is 0. The lowest BCUT2D eigenvalue weighted by Crippen LogP contribution is -2.02. The number of rotatable bonds is 2. The van der Waals surface area contributed by atoms with Crippen molar-refractivity contribution in [1.29, 1.82) is 0 Å². The molecule has 2 heteroatoms. The molecule has 0 saturated carbocycles. The van der Waals surface area contributed by atoms with Crippen LogP contribution in [0.3, 0.4) is 0 Å². The number of hydrogen-bond acceptors (Lipinski definition) is 0. The van der Waals surface area contributed by atoms with Crippen LogP contribution in [0.2, 0.25) is 0 Å². The van der Waals surface area contributed by atoms with Crippen LogP contribution < -0.4 is 0 Å². The first kappa shape index (κ1) is 8.70. The molecule has 0 atom stereocenters. The summed E-state index contributed by atoms with van der Waals surface area (Å²) in [5, 5.41) is 0.933. The third-order valence-electron chi connectivity index (χ3n) is 0.603. The summed E-state index contributed by atoms with van der Waals surface area (Å²) in [6.07, 6.45) is 4.19. The highest BCUT2D eigenvalue weighted by Crippen LogP contribution is 2.16. The summed E-state index contributed by atoms with van der Waals surface area (Å²) in [5.74, 6) is 0. The van der Waals surface area contributed by atoms with E-state index in [2.05, 4.69) is 57.9 Å². The zero-order valence-corrected chi connectivity index (χ0v) is 8.29. The van der Waals surface area contributed by atoms with Crippen molar-refractivity contribution in [2.24, 2.45) is 0 Å². The van der Waals surface area contributed by atoms with Gasteiger partial charge in [0.05, 0.1) is 0 Å². The van der Waals surface area contributed by atoms with Crippen LogP contribution in [0.5, 0.6) is 0 Å². The Morgan fingerprint density at radius 2 is 2.00 bits per heavy atom. The SMILES string of the molecule is CC(C)(Br)/C=C/CBr. The highest BCUT2D eigenvalue weighted by atomic mass is 79.9. The zero-order valence-electron chi connectivity index (χ0n) is 5.12. The van der Waals surface area contributed by atoms with E-state index in [9.17, 15) is 0 Å². The van der Waals surface area contributed by atoms with Gasteiger partial charge in [-0.15, -0.1) is 0 Å². The normalized spacial score (nSPS) is 13.0. The first-order valence-corrected chi connectivity index (χ1v) is 4.40. The molecule has 0 unspecified atom stereocenters. The van der Waals surface area contributed by atoms with E-state index in [1.165, 1.54) is 0 Å². The second-order valence-corrected chi connectivity index (χ2v) is 4.81. The molecule has 0 aliphatic heterocycles. The predicted octanol–water partition coefficient (Wildman–Crippen LogP) is 3.11. The fourth-order valence-corrected chi connectivity index (χ4v) is 0.699. The molecule has 0 spiro atoms. The van der Waals surface area contributed by atoms with Crippen molar-refractivity contribution in [1.82, 2.24) is 0 Å². The summed E-state index contributed by atoms with van der Waals surface area (Å²) in [5.41, 5.74) is 0. The van der Waals surface area contributed by atoms with Crippen LogP contribution in [0.1, 0.15) is 13.8 Å². The van der Waals surface area contributed by atoms with E-state index in [-0.39, 0.29) is 4.32 Å². The Morgan fingerprint density at radius 3 is 2.12 bits per heavy atom. The van der Waals surface area contributed by atoms with E-state index in [1.54, 1.807) is 0 Å². The Morgan fingerprint density at radius 1 is 1.50 bits per heavy atom. The summed E-state index contributed by atoms with van der Waals surface area (Å²) in [7, 11) is 0. The van der Waals surface area contributed by atoms with Gasteiger partial charge in [-0.05, 0) is 13.8 Å². The number of hydrogen-bond donors (Lipinski definition) is 0. The monoisotopic (exact) mass is 240 g/mol. The molecule has 0 fully saturated rings. The maximum atomic E-state index is 3.47. The molecule has 0 heterocycles. The van der Waals surface area contributed by atoms with Crippen molar-refractivity contribution in [3.63, 3.8) is 0 Å². The molecule has 0 nitrogen and oxygen atoms in total.